The molecule has 2 N–H and O–H groups in total. The number of rotatable bonds is 14. The summed E-state index contributed by atoms with van der Waals surface area (Å²) in [6, 6.07) is 20.9. The molecule has 256 valence electrons. The summed E-state index contributed by atoms with van der Waals surface area (Å²) in [6.45, 7) is 7.11. The smallest absolute Gasteiger partial charge is 0.306 e. The normalized spacial score (nSPS) is 25.9. The average Bonchev–Trinajstić information content (AvgIpc) is 3.71. The van der Waals surface area contributed by atoms with E-state index in [-0.39, 0.29) is 43.5 Å². The molecule has 3 amide bonds. The Morgan fingerprint density at radius 3 is 2.53 bits per heavy atom. The summed E-state index contributed by atoms with van der Waals surface area (Å²) in [5, 5.41) is 15.1. The van der Waals surface area contributed by atoms with Crippen LogP contribution in [0.3, 0.4) is 0 Å². The van der Waals surface area contributed by atoms with E-state index in [1.165, 1.54) is 4.90 Å². The van der Waals surface area contributed by atoms with Crippen LogP contribution < -0.4 is 10.2 Å². The molecule has 1 spiro atoms. The molecule has 3 heterocycles. The lowest BCUT2D eigenvalue weighted by molar-refractivity contribution is -0.146. The highest BCUT2D eigenvalue weighted by atomic mass is 79.9. The number of carbonyl (C=O) groups excluding carboxylic acids is 4. The largest absolute Gasteiger partial charge is 0.463 e. The molecule has 0 aromatic heterocycles. The first-order chi connectivity index (χ1) is 23.7. The molecule has 3 aliphatic heterocycles. The van der Waals surface area contributed by atoms with Gasteiger partial charge in [-0.3, -0.25) is 19.2 Å². The number of allylic oxidation sites excluding steroid dienone is 1. The molecule has 7 atom stereocenters. The topological polar surface area (TPSA) is 125 Å². The number of amides is 3. The maximum Gasteiger partial charge on any atom is 0.306 e. The van der Waals surface area contributed by atoms with Crippen LogP contribution in [0.15, 0.2) is 98.1 Å². The second-order valence-electron chi connectivity index (χ2n) is 12.7. The highest BCUT2D eigenvalue weighted by Crippen LogP contribution is 2.60. The Hall–Kier alpha value is -4.32. The van der Waals surface area contributed by atoms with Gasteiger partial charge in [-0.2, -0.15) is 0 Å². The number of halogens is 1. The average molecular weight is 731 g/mol. The van der Waals surface area contributed by atoms with Crippen molar-refractivity contribution in [2.75, 3.05) is 31.2 Å². The molecule has 3 saturated heterocycles. The third kappa shape index (κ3) is 6.42. The maximum atomic E-state index is 14.8. The molecule has 1 unspecified atom stereocenters. The van der Waals surface area contributed by atoms with Crippen LogP contribution in [0.2, 0.25) is 0 Å². The second kappa shape index (κ2) is 14.7. The summed E-state index contributed by atoms with van der Waals surface area (Å²) < 4.78 is 12.2. The third-order valence-electron chi connectivity index (χ3n) is 9.77. The van der Waals surface area contributed by atoms with Gasteiger partial charge in [0, 0.05) is 30.0 Å². The van der Waals surface area contributed by atoms with Crippen molar-refractivity contribution in [2.24, 2.45) is 11.8 Å². The van der Waals surface area contributed by atoms with Crippen molar-refractivity contribution in [3.8, 4) is 0 Å². The van der Waals surface area contributed by atoms with Crippen LogP contribution in [-0.4, -0.2) is 82.6 Å². The van der Waals surface area contributed by atoms with Crippen molar-refractivity contribution in [2.45, 2.75) is 47.9 Å². The monoisotopic (exact) mass is 729 g/mol. The van der Waals surface area contributed by atoms with Gasteiger partial charge in [0.15, 0.2) is 0 Å². The SMILES string of the molecule is C=CCCC(=O)OC[C@@H](NC(=O)[C@@H]1[C@H]2O[C@@]3(CC2Br)[C@H](C(=O)N(CC=C)c2ccc4ccccc4c2)N(CCO)C(=O)[C@@H]13)c1ccccc1. The van der Waals surface area contributed by atoms with Crippen LogP contribution in [0.5, 0.6) is 0 Å². The number of benzene rings is 3. The fraction of sp³-hybridized carbons (Fsp3) is 0.368. The van der Waals surface area contributed by atoms with E-state index in [9.17, 15) is 24.3 Å². The Morgan fingerprint density at radius 1 is 1.08 bits per heavy atom. The number of aliphatic hydroxyl groups excluding tert-OH is 1. The van der Waals surface area contributed by atoms with Crippen molar-refractivity contribution in [1.29, 1.82) is 0 Å². The number of carbonyl (C=O) groups is 4. The molecule has 6 rings (SSSR count). The molecule has 0 radical (unpaired) electrons. The Morgan fingerprint density at radius 2 is 1.82 bits per heavy atom. The van der Waals surface area contributed by atoms with E-state index in [4.69, 9.17) is 9.47 Å². The zero-order valence-corrected chi connectivity index (χ0v) is 28.7. The van der Waals surface area contributed by atoms with Crippen molar-refractivity contribution < 1.29 is 33.8 Å². The van der Waals surface area contributed by atoms with Crippen LogP contribution in [0.1, 0.15) is 30.9 Å². The Bertz CT molecular complexity index is 1750. The number of ether oxygens (including phenoxy) is 2. The molecule has 3 aromatic carbocycles. The van der Waals surface area contributed by atoms with E-state index >= 15 is 0 Å². The van der Waals surface area contributed by atoms with Crippen LogP contribution in [-0.2, 0) is 28.7 Å². The zero-order chi connectivity index (χ0) is 34.7. The van der Waals surface area contributed by atoms with Crippen molar-refractivity contribution in [1.82, 2.24) is 10.2 Å². The quantitative estimate of drug-likeness (QED) is 0.143. The van der Waals surface area contributed by atoms with Crippen LogP contribution in [0.4, 0.5) is 5.69 Å². The highest BCUT2D eigenvalue weighted by molar-refractivity contribution is 9.09. The summed E-state index contributed by atoms with van der Waals surface area (Å²) >= 11 is 3.71. The van der Waals surface area contributed by atoms with Crippen LogP contribution >= 0.6 is 15.9 Å². The summed E-state index contributed by atoms with van der Waals surface area (Å²) in [6.07, 6.45) is 3.52. The van der Waals surface area contributed by atoms with Crippen LogP contribution in [0.25, 0.3) is 10.8 Å². The van der Waals surface area contributed by atoms with Gasteiger partial charge in [-0.25, -0.2) is 0 Å². The summed E-state index contributed by atoms with van der Waals surface area (Å²) in [5.41, 5.74) is 0.0370. The van der Waals surface area contributed by atoms with Gasteiger partial charge in [0.2, 0.25) is 11.8 Å². The molecule has 10 nitrogen and oxygen atoms in total. The summed E-state index contributed by atoms with van der Waals surface area (Å²) in [7, 11) is 0. The van der Waals surface area contributed by atoms with Gasteiger partial charge in [0.05, 0.1) is 30.6 Å². The first-order valence-electron chi connectivity index (χ1n) is 16.5. The standard InChI is InChI=1S/C38H40BrN3O7/c1-3-5-15-30(44)48-23-29(25-12-7-6-8-13-25)40-35(45)31-32-36(46)42(19-20-43)34(38(32)22-28(39)33(31)49-38)37(47)41(18-4-2)27-17-16-24-11-9-10-14-26(24)21-27/h3-4,6-14,16-17,21,28-29,31-34,43H,1-2,5,15,18-20,22-23H2,(H,40,45)/t28?,29-,31+,32-,33+,34+,38-/m1/s1. The maximum absolute atomic E-state index is 14.8. The van der Waals surface area contributed by atoms with E-state index in [1.807, 2.05) is 72.8 Å². The van der Waals surface area contributed by atoms with E-state index in [1.54, 1.807) is 17.1 Å². The highest BCUT2D eigenvalue weighted by Gasteiger charge is 2.76. The molecule has 2 bridgehead atoms. The van der Waals surface area contributed by atoms with Gasteiger partial charge < -0.3 is 29.7 Å². The Kier molecular flexibility index (Phi) is 10.3. The third-order valence-corrected chi connectivity index (χ3v) is 10.6. The molecule has 3 aliphatic rings. The molecule has 0 saturated carbocycles. The van der Waals surface area contributed by atoms with E-state index < -0.39 is 53.4 Å². The summed E-state index contributed by atoms with van der Waals surface area (Å²) in [4.78, 5) is 58.4. The molecule has 49 heavy (non-hydrogen) atoms. The molecular weight excluding hydrogens is 690 g/mol. The minimum Gasteiger partial charge on any atom is -0.463 e. The number of fused-ring (bicyclic) bond motifs is 2. The predicted octanol–water partition coefficient (Wildman–Crippen LogP) is 4.47. The number of β-amino-alcohol motifs (C(OH)–C–C–N with tert-alkyl or cyclic N) is 1. The van der Waals surface area contributed by atoms with Crippen LogP contribution in [0, 0.1) is 11.8 Å². The van der Waals surface area contributed by atoms with Gasteiger partial charge in [0.25, 0.3) is 5.91 Å². The number of alkyl halides is 1. The molecule has 3 fully saturated rings. The van der Waals surface area contributed by atoms with Crippen molar-refractivity contribution in [3.63, 3.8) is 0 Å². The number of hydrogen-bond donors (Lipinski definition) is 2. The molecule has 0 aliphatic carbocycles. The second-order valence-corrected chi connectivity index (χ2v) is 13.8. The minimum absolute atomic E-state index is 0.101. The number of aliphatic hydroxyl groups is 1. The fourth-order valence-corrected chi connectivity index (χ4v) is 8.59. The number of nitrogens with one attached hydrogen (secondary N) is 1. The number of hydrogen-bond acceptors (Lipinski definition) is 7. The number of esters is 1. The Balaban J connectivity index is 1.32. The number of anilines is 1. The molecular formula is C38H40BrN3O7. The Labute approximate surface area is 293 Å². The zero-order valence-electron chi connectivity index (χ0n) is 27.1. The molecule has 3 aromatic rings. The van der Waals surface area contributed by atoms with Crippen molar-refractivity contribution >= 4 is 56.1 Å². The van der Waals surface area contributed by atoms with Gasteiger partial charge in [-0.05, 0) is 41.3 Å². The van der Waals surface area contributed by atoms with Crippen molar-refractivity contribution in [3.05, 3.63) is 104 Å². The predicted molar refractivity (Wildman–Crippen MR) is 189 cm³/mol. The summed E-state index contributed by atoms with van der Waals surface area (Å²) in [5.74, 6) is -3.57. The molecule has 11 heteroatoms. The fourth-order valence-electron chi connectivity index (χ4n) is 7.64. The number of likely N-dealkylation sites (tertiary alicyclic amines) is 1. The first-order valence-corrected chi connectivity index (χ1v) is 17.4. The lowest BCUT2D eigenvalue weighted by atomic mass is 9.70. The van der Waals surface area contributed by atoms with E-state index in [2.05, 4.69) is 34.4 Å². The van der Waals surface area contributed by atoms with Gasteiger partial charge in [-0.15, -0.1) is 13.2 Å². The van der Waals surface area contributed by atoms with Gasteiger partial charge in [0.1, 0.15) is 18.2 Å². The minimum atomic E-state index is -1.32. The van der Waals surface area contributed by atoms with E-state index in [0.29, 0.717) is 18.5 Å². The van der Waals surface area contributed by atoms with E-state index in [0.717, 1.165) is 16.3 Å². The lowest BCUT2D eigenvalue weighted by Crippen LogP contribution is -2.57. The lowest BCUT2D eigenvalue weighted by Gasteiger charge is -2.37. The van der Waals surface area contributed by atoms with Gasteiger partial charge >= 0.3 is 5.97 Å². The number of nitrogens with zero attached hydrogens (tertiary/aromatic N) is 2. The van der Waals surface area contributed by atoms with Gasteiger partial charge in [-0.1, -0.05) is 88.7 Å². The first kappa shape index (κ1) is 34.5.